The number of nitrogens with one attached hydrogen (secondary N) is 1. The molecule has 1 amide bonds. The molecule has 0 bridgehead atoms. The minimum atomic E-state index is -1.03. The van der Waals surface area contributed by atoms with Crippen molar-refractivity contribution in [3.63, 3.8) is 0 Å². The molecule has 9 nitrogen and oxygen atoms in total. The molecule has 0 saturated carbocycles. The molecule has 25 heavy (non-hydrogen) atoms. The van der Waals surface area contributed by atoms with Crippen LogP contribution in [0.1, 0.15) is 26.3 Å². The SMILES string of the molecule is COCC(C)(CC(=O)O)NC(=O)C(C)n1nnc(-c2ccccc2)n1. The molecule has 134 valence electrons. The maximum Gasteiger partial charge on any atom is 0.305 e. The van der Waals surface area contributed by atoms with Crippen molar-refractivity contribution in [1.29, 1.82) is 0 Å². The highest BCUT2D eigenvalue weighted by molar-refractivity contribution is 5.81. The number of nitrogens with zero attached hydrogens (tertiary/aromatic N) is 4. The van der Waals surface area contributed by atoms with Crippen molar-refractivity contribution >= 4 is 11.9 Å². The summed E-state index contributed by atoms with van der Waals surface area (Å²) in [6.45, 7) is 3.29. The summed E-state index contributed by atoms with van der Waals surface area (Å²) in [5.41, 5.74) is -0.245. The summed E-state index contributed by atoms with van der Waals surface area (Å²) in [5.74, 6) is -1.04. The Bertz CT molecular complexity index is 733. The van der Waals surface area contributed by atoms with Gasteiger partial charge < -0.3 is 15.2 Å². The number of hydrogen-bond acceptors (Lipinski definition) is 6. The molecule has 2 aromatic rings. The first kappa shape index (κ1) is 18.5. The molecule has 2 atom stereocenters. The molecular weight excluding hydrogens is 326 g/mol. The van der Waals surface area contributed by atoms with Crippen LogP contribution in [0.2, 0.25) is 0 Å². The summed E-state index contributed by atoms with van der Waals surface area (Å²) < 4.78 is 5.03. The van der Waals surface area contributed by atoms with Gasteiger partial charge >= 0.3 is 5.97 Å². The molecule has 0 aliphatic carbocycles. The third-order valence-electron chi connectivity index (χ3n) is 3.62. The molecule has 0 spiro atoms. The predicted octanol–water partition coefficient (Wildman–Crippen LogP) is 0.897. The van der Waals surface area contributed by atoms with Gasteiger partial charge in [-0.3, -0.25) is 9.59 Å². The number of rotatable bonds is 8. The van der Waals surface area contributed by atoms with Gasteiger partial charge in [0.15, 0.2) is 0 Å². The van der Waals surface area contributed by atoms with Gasteiger partial charge in [-0.05, 0) is 19.1 Å². The lowest BCUT2D eigenvalue weighted by atomic mass is 9.98. The number of ether oxygens (including phenoxy) is 1. The summed E-state index contributed by atoms with van der Waals surface area (Å²) in [6.07, 6.45) is -0.265. The van der Waals surface area contributed by atoms with Crippen LogP contribution in [0.3, 0.4) is 0 Å². The van der Waals surface area contributed by atoms with E-state index in [0.717, 1.165) is 5.56 Å². The monoisotopic (exact) mass is 347 g/mol. The Morgan fingerprint density at radius 2 is 2.04 bits per heavy atom. The molecule has 9 heteroatoms. The smallest absolute Gasteiger partial charge is 0.305 e. The number of carbonyl (C=O) groups is 2. The summed E-state index contributed by atoms with van der Waals surface area (Å²) in [5, 5.41) is 23.8. The first-order valence-electron chi connectivity index (χ1n) is 7.72. The topological polar surface area (TPSA) is 119 Å². The zero-order valence-electron chi connectivity index (χ0n) is 14.3. The number of carboxylic acids is 1. The van der Waals surface area contributed by atoms with Crippen molar-refractivity contribution < 1.29 is 19.4 Å². The van der Waals surface area contributed by atoms with Gasteiger partial charge in [0.1, 0.15) is 6.04 Å². The van der Waals surface area contributed by atoms with E-state index in [0.29, 0.717) is 5.82 Å². The van der Waals surface area contributed by atoms with Crippen LogP contribution < -0.4 is 5.32 Å². The van der Waals surface area contributed by atoms with Gasteiger partial charge in [0, 0.05) is 12.7 Å². The van der Waals surface area contributed by atoms with Crippen molar-refractivity contribution in [3.05, 3.63) is 30.3 Å². The Hall–Kier alpha value is -2.81. The fraction of sp³-hybridized carbons (Fsp3) is 0.438. The number of tetrazole rings is 1. The maximum absolute atomic E-state index is 12.5. The van der Waals surface area contributed by atoms with Crippen LogP contribution in [-0.2, 0) is 14.3 Å². The molecule has 2 rings (SSSR count). The predicted molar refractivity (Wildman–Crippen MR) is 88.6 cm³/mol. The summed E-state index contributed by atoms with van der Waals surface area (Å²) in [6, 6.07) is 8.52. The van der Waals surface area contributed by atoms with Gasteiger partial charge in [-0.2, -0.15) is 4.80 Å². The summed E-state index contributed by atoms with van der Waals surface area (Å²) >= 11 is 0. The number of aromatic nitrogens is 4. The molecule has 0 aliphatic heterocycles. The van der Waals surface area contributed by atoms with E-state index < -0.39 is 23.5 Å². The van der Waals surface area contributed by atoms with Crippen LogP contribution in [0.5, 0.6) is 0 Å². The fourth-order valence-electron chi connectivity index (χ4n) is 2.38. The average molecular weight is 347 g/mol. The van der Waals surface area contributed by atoms with Crippen LogP contribution in [0.25, 0.3) is 11.4 Å². The van der Waals surface area contributed by atoms with E-state index in [4.69, 9.17) is 9.84 Å². The van der Waals surface area contributed by atoms with Crippen LogP contribution in [0.4, 0.5) is 0 Å². The third kappa shape index (κ3) is 4.83. The van der Waals surface area contributed by atoms with Gasteiger partial charge in [0.2, 0.25) is 11.7 Å². The molecule has 0 fully saturated rings. The van der Waals surface area contributed by atoms with Crippen molar-refractivity contribution in [2.24, 2.45) is 0 Å². The molecular formula is C16H21N5O4. The van der Waals surface area contributed by atoms with Crippen molar-refractivity contribution in [3.8, 4) is 11.4 Å². The van der Waals surface area contributed by atoms with Gasteiger partial charge in [-0.25, -0.2) is 0 Å². The third-order valence-corrected chi connectivity index (χ3v) is 3.62. The Labute approximate surface area is 145 Å². The van der Waals surface area contributed by atoms with E-state index in [-0.39, 0.29) is 13.0 Å². The standard InChI is InChI=1S/C16H21N5O4/c1-11(15(24)17-16(2,10-25-3)9-13(22)23)21-19-14(18-20-21)12-7-5-4-6-8-12/h4-8,11H,9-10H2,1-3H3,(H,17,24)(H,22,23). The lowest BCUT2D eigenvalue weighted by Crippen LogP contribution is -2.52. The van der Waals surface area contributed by atoms with Gasteiger partial charge in [0.25, 0.3) is 0 Å². The molecule has 1 aromatic carbocycles. The second kappa shape index (κ2) is 7.84. The van der Waals surface area contributed by atoms with Gasteiger partial charge in [-0.1, -0.05) is 30.3 Å². The average Bonchev–Trinajstić information content (AvgIpc) is 3.04. The van der Waals surface area contributed by atoms with Crippen LogP contribution >= 0.6 is 0 Å². The van der Waals surface area contributed by atoms with Crippen LogP contribution in [-0.4, -0.2) is 56.4 Å². The molecule has 0 saturated heterocycles. The first-order chi connectivity index (χ1) is 11.8. The van der Waals surface area contributed by atoms with E-state index in [9.17, 15) is 9.59 Å². The van der Waals surface area contributed by atoms with E-state index in [1.807, 2.05) is 30.3 Å². The van der Waals surface area contributed by atoms with Crippen molar-refractivity contribution in [1.82, 2.24) is 25.5 Å². The van der Waals surface area contributed by atoms with Crippen molar-refractivity contribution in [2.45, 2.75) is 31.8 Å². The van der Waals surface area contributed by atoms with E-state index >= 15 is 0 Å². The quantitative estimate of drug-likeness (QED) is 0.728. The molecule has 2 unspecified atom stereocenters. The number of carboxylic acid groups (broad SMARTS) is 1. The normalized spacial score (nSPS) is 14.5. The molecule has 1 heterocycles. The highest BCUT2D eigenvalue weighted by atomic mass is 16.5. The number of benzene rings is 1. The highest BCUT2D eigenvalue weighted by Crippen LogP contribution is 2.15. The Balaban J connectivity index is 2.11. The minimum absolute atomic E-state index is 0.0673. The Kier molecular flexibility index (Phi) is 5.81. The summed E-state index contributed by atoms with van der Waals surface area (Å²) in [7, 11) is 1.45. The van der Waals surface area contributed by atoms with Gasteiger partial charge in [-0.15, -0.1) is 10.2 Å². The molecule has 0 aliphatic rings. The Morgan fingerprint density at radius 1 is 1.36 bits per heavy atom. The zero-order chi connectivity index (χ0) is 18.4. The second-order valence-electron chi connectivity index (χ2n) is 6.03. The second-order valence-corrected chi connectivity index (χ2v) is 6.03. The lowest BCUT2D eigenvalue weighted by molar-refractivity contribution is -0.140. The fourth-order valence-corrected chi connectivity index (χ4v) is 2.38. The maximum atomic E-state index is 12.5. The van der Waals surface area contributed by atoms with E-state index in [1.54, 1.807) is 13.8 Å². The minimum Gasteiger partial charge on any atom is -0.481 e. The van der Waals surface area contributed by atoms with E-state index in [1.165, 1.54) is 11.9 Å². The number of hydrogen-bond donors (Lipinski definition) is 2. The van der Waals surface area contributed by atoms with Crippen LogP contribution in [0, 0.1) is 0 Å². The highest BCUT2D eigenvalue weighted by Gasteiger charge is 2.32. The molecule has 0 radical (unpaired) electrons. The number of methoxy groups -OCH3 is 1. The Morgan fingerprint density at radius 3 is 2.64 bits per heavy atom. The largest absolute Gasteiger partial charge is 0.481 e. The molecule has 1 aromatic heterocycles. The molecule has 2 N–H and O–H groups in total. The number of aliphatic carboxylic acids is 1. The number of amides is 1. The zero-order valence-corrected chi connectivity index (χ0v) is 14.3. The van der Waals surface area contributed by atoms with Crippen molar-refractivity contribution in [2.75, 3.05) is 13.7 Å². The summed E-state index contributed by atoms with van der Waals surface area (Å²) in [4.78, 5) is 24.7. The lowest BCUT2D eigenvalue weighted by Gasteiger charge is -2.29. The van der Waals surface area contributed by atoms with Gasteiger partial charge in [0.05, 0.1) is 18.6 Å². The van der Waals surface area contributed by atoms with Crippen LogP contribution in [0.15, 0.2) is 30.3 Å². The number of carbonyl (C=O) groups excluding carboxylic acids is 1. The van der Waals surface area contributed by atoms with E-state index in [2.05, 4.69) is 20.7 Å². The first-order valence-corrected chi connectivity index (χ1v) is 7.72.